The number of hydrogen-bond donors (Lipinski definition) is 1. The van der Waals surface area contributed by atoms with Crippen LogP contribution in [-0.4, -0.2) is 31.6 Å². The summed E-state index contributed by atoms with van der Waals surface area (Å²) in [6, 6.07) is 10.2. The van der Waals surface area contributed by atoms with E-state index in [4.69, 9.17) is 4.98 Å². The minimum atomic E-state index is -0.101. The Bertz CT molecular complexity index is 1340. The third-order valence-corrected chi connectivity index (χ3v) is 7.21. The summed E-state index contributed by atoms with van der Waals surface area (Å²) < 4.78 is 0.961. The molecule has 1 amide bonds. The summed E-state index contributed by atoms with van der Waals surface area (Å²) in [6.45, 7) is 1.90. The first-order chi connectivity index (χ1) is 13.7. The number of rotatable bonds is 4. The van der Waals surface area contributed by atoms with Gasteiger partial charge in [0.25, 0.3) is 0 Å². The van der Waals surface area contributed by atoms with E-state index in [0.717, 1.165) is 42.1 Å². The van der Waals surface area contributed by atoms with Gasteiger partial charge in [-0.1, -0.05) is 30.0 Å². The molecule has 0 unspecified atom stereocenters. The van der Waals surface area contributed by atoms with Gasteiger partial charge in [-0.05, 0) is 19.1 Å². The Balaban J connectivity index is 1.46. The molecule has 1 aromatic carbocycles. The number of pyridine rings is 1. The number of benzene rings is 1. The molecule has 5 aromatic rings. The second-order valence-corrected chi connectivity index (χ2v) is 8.94. The van der Waals surface area contributed by atoms with Gasteiger partial charge in [0.05, 0.1) is 27.2 Å². The van der Waals surface area contributed by atoms with Gasteiger partial charge in [0.2, 0.25) is 5.91 Å². The molecular formula is C19H13N5OS3. The Hall–Kier alpha value is -2.62. The van der Waals surface area contributed by atoms with Crippen molar-refractivity contribution in [2.45, 2.75) is 11.9 Å². The highest BCUT2D eigenvalue weighted by atomic mass is 32.2. The number of nitrogens with zero attached hydrogens (tertiary/aromatic N) is 4. The number of carbonyl (C=O) groups is 1. The molecule has 28 heavy (non-hydrogen) atoms. The maximum absolute atomic E-state index is 12.2. The minimum absolute atomic E-state index is 0.101. The van der Waals surface area contributed by atoms with Gasteiger partial charge in [-0.3, -0.25) is 4.79 Å². The molecule has 1 N–H and O–H groups in total. The van der Waals surface area contributed by atoms with Crippen molar-refractivity contribution in [1.82, 2.24) is 19.9 Å². The number of thioether (sulfide) groups is 1. The molecule has 0 aliphatic carbocycles. The molecule has 0 spiro atoms. The lowest BCUT2D eigenvalue weighted by molar-refractivity contribution is -0.113. The van der Waals surface area contributed by atoms with Crippen LogP contribution in [-0.2, 0) is 4.79 Å². The lowest BCUT2D eigenvalue weighted by Gasteiger charge is -2.02. The fourth-order valence-electron chi connectivity index (χ4n) is 2.89. The summed E-state index contributed by atoms with van der Waals surface area (Å²) in [6.07, 6.45) is 1.55. The van der Waals surface area contributed by atoms with Crippen molar-refractivity contribution in [3.8, 4) is 0 Å². The molecule has 0 radical (unpaired) electrons. The van der Waals surface area contributed by atoms with E-state index < -0.39 is 0 Å². The minimum Gasteiger partial charge on any atom is -0.301 e. The Morgan fingerprint density at radius 1 is 1.21 bits per heavy atom. The number of aromatic nitrogens is 4. The zero-order valence-corrected chi connectivity index (χ0v) is 17.1. The molecular weight excluding hydrogens is 410 g/mol. The van der Waals surface area contributed by atoms with Crippen molar-refractivity contribution < 1.29 is 4.79 Å². The zero-order chi connectivity index (χ0) is 19.1. The van der Waals surface area contributed by atoms with Gasteiger partial charge < -0.3 is 5.32 Å². The van der Waals surface area contributed by atoms with Crippen LogP contribution in [0.15, 0.2) is 47.1 Å². The highest BCUT2D eigenvalue weighted by Gasteiger charge is 2.15. The van der Waals surface area contributed by atoms with Crippen LogP contribution in [0.5, 0.6) is 0 Å². The van der Waals surface area contributed by atoms with Gasteiger partial charge in [-0.2, -0.15) is 0 Å². The number of thiophene rings is 1. The summed E-state index contributed by atoms with van der Waals surface area (Å²) in [7, 11) is 0. The van der Waals surface area contributed by atoms with E-state index in [2.05, 4.69) is 26.3 Å². The monoisotopic (exact) mass is 423 g/mol. The Morgan fingerprint density at radius 2 is 2.11 bits per heavy atom. The fourth-order valence-corrected chi connectivity index (χ4v) is 5.59. The predicted molar refractivity (Wildman–Crippen MR) is 116 cm³/mol. The first kappa shape index (κ1) is 17.5. The van der Waals surface area contributed by atoms with Crippen molar-refractivity contribution in [1.29, 1.82) is 0 Å². The van der Waals surface area contributed by atoms with Crippen molar-refractivity contribution in [2.24, 2.45) is 0 Å². The largest absolute Gasteiger partial charge is 0.301 e. The number of para-hydroxylation sites is 1. The third kappa shape index (κ3) is 3.21. The number of thiazole rings is 1. The first-order valence-corrected chi connectivity index (χ1v) is 11.1. The fraction of sp³-hybridized carbons (Fsp3) is 0.105. The van der Waals surface area contributed by atoms with Crippen LogP contribution >= 0.6 is 34.4 Å². The second-order valence-electron chi connectivity index (χ2n) is 6.12. The topological polar surface area (TPSA) is 80.7 Å². The van der Waals surface area contributed by atoms with Gasteiger partial charge in [-0.15, -0.1) is 22.7 Å². The van der Waals surface area contributed by atoms with Gasteiger partial charge in [-0.25, -0.2) is 19.9 Å². The molecule has 0 fully saturated rings. The molecule has 0 aliphatic rings. The van der Waals surface area contributed by atoms with E-state index in [1.165, 1.54) is 23.1 Å². The van der Waals surface area contributed by atoms with Gasteiger partial charge in [0, 0.05) is 16.2 Å². The standard InChI is InChI=1S/C19H13N5OS3/c1-10-7-27-19(22-10)24-14(25)8-26-18-16-15(20-9-21-18)12-6-11-4-2-3-5-13(11)23-17(12)28-16/h2-7,9H,8H2,1H3,(H,22,24,25). The lowest BCUT2D eigenvalue weighted by Crippen LogP contribution is -2.13. The number of fused-ring (bicyclic) bond motifs is 4. The maximum Gasteiger partial charge on any atom is 0.236 e. The average molecular weight is 424 g/mol. The molecule has 0 saturated heterocycles. The average Bonchev–Trinajstić information content (AvgIpc) is 3.27. The third-order valence-electron chi connectivity index (χ3n) is 4.12. The molecule has 0 saturated carbocycles. The summed E-state index contributed by atoms with van der Waals surface area (Å²) in [5.41, 5.74) is 2.74. The van der Waals surface area contributed by atoms with Crippen LogP contribution in [0.1, 0.15) is 5.69 Å². The Labute approximate surface area is 172 Å². The highest BCUT2D eigenvalue weighted by Crippen LogP contribution is 2.37. The quantitative estimate of drug-likeness (QED) is 0.327. The van der Waals surface area contributed by atoms with Crippen molar-refractivity contribution in [2.75, 3.05) is 11.1 Å². The van der Waals surface area contributed by atoms with Crippen molar-refractivity contribution in [3.63, 3.8) is 0 Å². The summed E-state index contributed by atoms with van der Waals surface area (Å²) in [5.74, 6) is 0.157. The van der Waals surface area contributed by atoms with E-state index in [1.807, 2.05) is 36.6 Å². The van der Waals surface area contributed by atoms with E-state index in [1.54, 1.807) is 17.7 Å². The molecule has 0 atom stereocenters. The number of nitrogens with one attached hydrogen (secondary N) is 1. The molecule has 5 rings (SSSR count). The normalized spacial score (nSPS) is 11.5. The number of carbonyl (C=O) groups excluding carboxylic acids is 1. The molecule has 9 heteroatoms. The molecule has 138 valence electrons. The highest BCUT2D eigenvalue weighted by molar-refractivity contribution is 8.00. The molecule has 4 aromatic heterocycles. The van der Waals surface area contributed by atoms with Crippen molar-refractivity contribution in [3.05, 3.63) is 47.7 Å². The van der Waals surface area contributed by atoms with E-state index in [0.29, 0.717) is 5.13 Å². The van der Waals surface area contributed by atoms with Crippen LogP contribution < -0.4 is 5.32 Å². The molecule has 4 heterocycles. The number of anilines is 1. The van der Waals surface area contributed by atoms with Crippen LogP contribution in [0.3, 0.4) is 0 Å². The second kappa shape index (κ2) is 7.08. The number of aryl methyl sites for hydroxylation is 1. The van der Waals surface area contributed by atoms with Crippen molar-refractivity contribution >= 4 is 76.8 Å². The predicted octanol–water partition coefficient (Wildman–Crippen LogP) is 4.89. The Kier molecular flexibility index (Phi) is 4.42. The molecule has 0 aliphatic heterocycles. The van der Waals surface area contributed by atoms with Crippen LogP contribution in [0.4, 0.5) is 5.13 Å². The summed E-state index contributed by atoms with van der Waals surface area (Å²) in [4.78, 5) is 31.1. The number of hydrogen-bond acceptors (Lipinski definition) is 8. The van der Waals surface area contributed by atoms with Crippen LogP contribution in [0.25, 0.3) is 31.3 Å². The van der Waals surface area contributed by atoms with Gasteiger partial charge >= 0.3 is 0 Å². The molecule has 0 bridgehead atoms. The first-order valence-electron chi connectivity index (χ1n) is 8.45. The van der Waals surface area contributed by atoms with E-state index >= 15 is 0 Å². The molecule has 6 nitrogen and oxygen atoms in total. The maximum atomic E-state index is 12.2. The summed E-state index contributed by atoms with van der Waals surface area (Å²) in [5, 5.41) is 8.25. The Morgan fingerprint density at radius 3 is 2.96 bits per heavy atom. The SMILES string of the molecule is Cc1csc(NC(=O)CSc2ncnc3c2sc2nc4ccccc4cc23)n1. The van der Waals surface area contributed by atoms with E-state index in [9.17, 15) is 4.79 Å². The zero-order valence-electron chi connectivity index (χ0n) is 14.7. The van der Waals surface area contributed by atoms with E-state index in [-0.39, 0.29) is 11.7 Å². The lowest BCUT2D eigenvalue weighted by atomic mass is 10.2. The van der Waals surface area contributed by atoms with Crippen LogP contribution in [0, 0.1) is 6.92 Å². The van der Waals surface area contributed by atoms with Crippen LogP contribution in [0.2, 0.25) is 0 Å². The smallest absolute Gasteiger partial charge is 0.236 e. The summed E-state index contributed by atoms with van der Waals surface area (Å²) >= 11 is 4.38. The number of amides is 1. The van der Waals surface area contributed by atoms with Gasteiger partial charge in [0.15, 0.2) is 5.13 Å². The van der Waals surface area contributed by atoms with Gasteiger partial charge in [0.1, 0.15) is 16.2 Å².